The van der Waals surface area contributed by atoms with Crippen molar-refractivity contribution in [2.75, 3.05) is 0 Å². The molecule has 1 aromatic carbocycles. The molecule has 0 saturated heterocycles. The van der Waals surface area contributed by atoms with Gasteiger partial charge in [-0.2, -0.15) is 0 Å². The van der Waals surface area contributed by atoms with Gasteiger partial charge in [0.25, 0.3) is 0 Å². The van der Waals surface area contributed by atoms with Crippen LogP contribution in [0.5, 0.6) is 0 Å². The van der Waals surface area contributed by atoms with Crippen LogP contribution in [-0.4, -0.2) is 16.9 Å². The highest BCUT2D eigenvalue weighted by Gasteiger charge is 2.36. The Morgan fingerprint density at radius 2 is 2.25 bits per heavy atom. The SMILES string of the molecule is CCCC1CC1NC(=O)CCc1c[nH]c2ccccc12. The first-order valence-corrected chi connectivity index (χ1v) is 7.62. The first-order chi connectivity index (χ1) is 9.78. The first kappa shape index (κ1) is 13.2. The molecular weight excluding hydrogens is 248 g/mol. The fraction of sp³-hybridized carbons (Fsp3) is 0.471. The lowest BCUT2D eigenvalue weighted by molar-refractivity contribution is -0.121. The Morgan fingerprint density at radius 3 is 3.10 bits per heavy atom. The highest BCUT2D eigenvalue weighted by molar-refractivity contribution is 5.84. The van der Waals surface area contributed by atoms with E-state index in [0.717, 1.165) is 17.9 Å². The molecule has 0 radical (unpaired) electrons. The molecule has 1 aliphatic rings. The third-order valence-electron chi connectivity index (χ3n) is 4.22. The number of aromatic nitrogens is 1. The Hall–Kier alpha value is -1.77. The van der Waals surface area contributed by atoms with E-state index in [9.17, 15) is 4.79 Å². The molecule has 2 unspecified atom stereocenters. The van der Waals surface area contributed by atoms with Crippen LogP contribution in [0.2, 0.25) is 0 Å². The van der Waals surface area contributed by atoms with Crippen molar-refractivity contribution in [3.8, 4) is 0 Å². The Morgan fingerprint density at radius 1 is 1.40 bits per heavy atom. The lowest BCUT2D eigenvalue weighted by Crippen LogP contribution is -2.26. The van der Waals surface area contributed by atoms with Gasteiger partial charge in [0.1, 0.15) is 0 Å². The molecular formula is C17H22N2O. The molecule has 3 rings (SSSR count). The first-order valence-electron chi connectivity index (χ1n) is 7.62. The normalized spacial score (nSPS) is 21.1. The fourth-order valence-electron chi connectivity index (χ4n) is 2.98. The molecule has 1 aliphatic carbocycles. The van der Waals surface area contributed by atoms with Gasteiger partial charge >= 0.3 is 0 Å². The summed E-state index contributed by atoms with van der Waals surface area (Å²) in [5.41, 5.74) is 2.38. The summed E-state index contributed by atoms with van der Waals surface area (Å²) in [7, 11) is 0. The number of hydrogen-bond acceptors (Lipinski definition) is 1. The molecule has 106 valence electrons. The average molecular weight is 270 g/mol. The molecule has 1 heterocycles. The van der Waals surface area contributed by atoms with Crippen LogP contribution < -0.4 is 5.32 Å². The summed E-state index contributed by atoms with van der Waals surface area (Å²) >= 11 is 0. The zero-order valence-corrected chi connectivity index (χ0v) is 12.0. The zero-order chi connectivity index (χ0) is 13.9. The predicted molar refractivity (Wildman–Crippen MR) is 81.6 cm³/mol. The topological polar surface area (TPSA) is 44.9 Å². The minimum absolute atomic E-state index is 0.193. The standard InChI is InChI=1S/C17H22N2O/c1-2-5-12-10-16(12)19-17(20)9-8-13-11-18-15-7-4-3-6-14(13)15/h3-4,6-7,11-12,16,18H,2,5,8-10H2,1H3,(H,19,20). The highest BCUT2D eigenvalue weighted by Crippen LogP contribution is 2.34. The van der Waals surface area contributed by atoms with Gasteiger partial charge in [0.2, 0.25) is 5.91 Å². The van der Waals surface area contributed by atoms with E-state index in [1.807, 2.05) is 18.3 Å². The van der Waals surface area contributed by atoms with Crippen LogP contribution in [0.3, 0.4) is 0 Å². The van der Waals surface area contributed by atoms with Crippen molar-refractivity contribution in [2.24, 2.45) is 5.92 Å². The van der Waals surface area contributed by atoms with Gasteiger partial charge in [-0.05, 0) is 36.8 Å². The summed E-state index contributed by atoms with van der Waals surface area (Å²) in [6.45, 7) is 2.20. The molecule has 0 bridgehead atoms. The molecule has 2 aromatic rings. The number of benzene rings is 1. The molecule has 3 heteroatoms. The largest absolute Gasteiger partial charge is 0.361 e. The molecule has 1 amide bonds. The minimum Gasteiger partial charge on any atom is -0.361 e. The van der Waals surface area contributed by atoms with Crippen LogP contribution in [0.25, 0.3) is 10.9 Å². The summed E-state index contributed by atoms with van der Waals surface area (Å²) in [5.74, 6) is 0.927. The van der Waals surface area contributed by atoms with E-state index in [-0.39, 0.29) is 5.91 Å². The highest BCUT2D eigenvalue weighted by atomic mass is 16.1. The summed E-state index contributed by atoms with van der Waals surface area (Å²) in [6, 6.07) is 8.69. The van der Waals surface area contributed by atoms with Crippen LogP contribution in [0.15, 0.2) is 30.5 Å². The fourth-order valence-corrected chi connectivity index (χ4v) is 2.98. The second-order valence-electron chi connectivity index (χ2n) is 5.82. The van der Waals surface area contributed by atoms with E-state index in [2.05, 4.69) is 29.4 Å². The van der Waals surface area contributed by atoms with Crippen molar-refractivity contribution in [2.45, 2.75) is 45.1 Å². The van der Waals surface area contributed by atoms with Crippen LogP contribution in [0, 0.1) is 5.92 Å². The molecule has 2 N–H and O–H groups in total. The number of carbonyl (C=O) groups excluding carboxylic acids is 1. The second kappa shape index (κ2) is 5.70. The number of rotatable bonds is 6. The Labute approximate surface area is 119 Å². The number of para-hydroxylation sites is 1. The Bertz CT molecular complexity index is 602. The number of H-pyrrole nitrogens is 1. The number of nitrogens with one attached hydrogen (secondary N) is 2. The maximum Gasteiger partial charge on any atom is 0.220 e. The van der Waals surface area contributed by atoms with Gasteiger partial charge in [0.05, 0.1) is 0 Å². The summed E-state index contributed by atoms with van der Waals surface area (Å²) in [5, 5.41) is 4.38. The maximum atomic E-state index is 12.0. The Balaban J connectivity index is 1.51. The number of fused-ring (bicyclic) bond motifs is 1. The van der Waals surface area contributed by atoms with E-state index in [4.69, 9.17) is 0 Å². The van der Waals surface area contributed by atoms with E-state index in [0.29, 0.717) is 12.5 Å². The average Bonchev–Trinajstić information content (AvgIpc) is 3.03. The van der Waals surface area contributed by atoms with Gasteiger partial charge in [0, 0.05) is 29.6 Å². The summed E-state index contributed by atoms with van der Waals surface area (Å²) in [4.78, 5) is 15.2. The van der Waals surface area contributed by atoms with Crippen LogP contribution in [-0.2, 0) is 11.2 Å². The number of amides is 1. The molecule has 1 fully saturated rings. The molecule has 2 atom stereocenters. The van der Waals surface area contributed by atoms with Crippen molar-refractivity contribution in [1.29, 1.82) is 0 Å². The van der Waals surface area contributed by atoms with Gasteiger partial charge in [0.15, 0.2) is 0 Å². The van der Waals surface area contributed by atoms with Crippen molar-refractivity contribution in [3.63, 3.8) is 0 Å². The quantitative estimate of drug-likeness (QED) is 0.830. The summed E-state index contributed by atoms with van der Waals surface area (Å²) < 4.78 is 0. The molecule has 1 aromatic heterocycles. The van der Waals surface area contributed by atoms with Crippen LogP contribution in [0.4, 0.5) is 0 Å². The third-order valence-corrected chi connectivity index (χ3v) is 4.22. The van der Waals surface area contributed by atoms with E-state index < -0.39 is 0 Å². The smallest absolute Gasteiger partial charge is 0.220 e. The molecule has 3 nitrogen and oxygen atoms in total. The Kier molecular flexibility index (Phi) is 3.77. The van der Waals surface area contributed by atoms with Gasteiger partial charge in [-0.25, -0.2) is 0 Å². The van der Waals surface area contributed by atoms with Gasteiger partial charge < -0.3 is 10.3 Å². The molecule has 20 heavy (non-hydrogen) atoms. The van der Waals surface area contributed by atoms with E-state index in [1.54, 1.807) is 0 Å². The van der Waals surface area contributed by atoms with E-state index in [1.165, 1.54) is 30.2 Å². The summed E-state index contributed by atoms with van der Waals surface area (Å²) in [6.07, 6.45) is 7.04. The number of carbonyl (C=O) groups is 1. The molecule has 0 aliphatic heterocycles. The second-order valence-corrected chi connectivity index (χ2v) is 5.82. The number of aryl methyl sites for hydroxylation is 1. The monoisotopic (exact) mass is 270 g/mol. The number of hydrogen-bond donors (Lipinski definition) is 2. The van der Waals surface area contributed by atoms with Crippen molar-refractivity contribution in [3.05, 3.63) is 36.0 Å². The van der Waals surface area contributed by atoms with Crippen molar-refractivity contribution < 1.29 is 4.79 Å². The lowest BCUT2D eigenvalue weighted by Gasteiger charge is -2.04. The van der Waals surface area contributed by atoms with Gasteiger partial charge in [-0.15, -0.1) is 0 Å². The number of aromatic amines is 1. The van der Waals surface area contributed by atoms with Gasteiger partial charge in [-0.3, -0.25) is 4.79 Å². The lowest BCUT2D eigenvalue weighted by atomic mass is 10.1. The van der Waals surface area contributed by atoms with Gasteiger partial charge in [-0.1, -0.05) is 31.5 Å². The third kappa shape index (κ3) is 2.87. The predicted octanol–water partition coefficient (Wildman–Crippen LogP) is 3.41. The minimum atomic E-state index is 0.193. The van der Waals surface area contributed by atoms with Crippen LogP contribution in [0.1, 0.15) is 38.2 Å². The van der Waals surface area contributed by atoms with E-state index >= 15 is 0 Å². The molecule has 0 spiro atoms. The molecule has 1 saturated carbocycles. The zero-order valence-electron chi connectivity index (χ0n) is 12.0. The van der Waals surface area contributed by atoms with Crippen molar-refractivity contribution >= 4 is 16.8 Å². The maximum absolute atomic E-state index is 12.0. The van der Waals surface area contributed by atoms with Crippen molar-refractivity contribution in [1.82, 2.24) is 10.3 Å². The van der Waals surface area contributed by atoms with Crippen LogP contribution >= 0.6 is 0 Å².